The predicted molar refractivity (Wildman–Crippen MR) is 47.3 cm³/mol. The number of hydrogen-bond donors (Lipinski definition) is 0. The predicted octanol–water partition coefficient (Wildman–Crippen LogP) is 0.0704. The first-order valence-corrected chi connectivity index (χ1v) is 0. The van der Waals surface area contributed by atoms with Crippen LogP contribution in [0.25, 0.3) is 0 Å². The first-order chi connectivity index (χ1) is 0. The summed E-state index contributed by atoms with van der Waals surface area (Å²) < 4.78 is 0. The van der Waals surface area contributed by atoms with Crippen LogP contribution in [0.1, 0.15) is 0 Å². The van der Waals surface area contributed by atoms with Crippen LogP contribution in [-0.2, 0) is 0 Å². The Morgan fingerprint density at radius 3 is 0.400 bits per heavy atom. The van der Waals surface area contributed by atoms with Crippen LogP contribution >= 0.6 is 54.0 Å². The van der Waals surface area contributed by atoms with Gasteiger partial charge in [0.1, 0.15) is 0 Å². The van der Waals surface area contributed by atoms with Crippen molar-refractivity contribution in [1.29, 1.82) is 0 Å². The van der Waals surface area contributed by atoms with Crippen LogP contribution in [0, 0.1) is 0 Å². The largest absolute Gasteiger partial charge is 0.197 e. The van der Waals surface area contributed by atoms with Crippen LogP contribution in [-0.4, -0.2) is 68.9 Å². The van der Waals surface area contributed by atoms with Gasteiger partial charge in [-0.25, -0.2) is 0 Å². The molecule has 0 amide bonds. The molecule has 0 aromatic carbocycles. The van der Waals surface area contributed by atoms with Crippen LogP contribution in [0.15, 0.2) is 0 Å². The maximum Gasteiger partial charge on any atom is 0 e. The van der Waals surface area contributed by atoms with E-state index in [0.717, 1.165) is 0 Å². The molecule has 0 aromatic rings. The topological polar surface area (TPSA) is 0 Å². The smallest absolute Gasteiger partial charge is 0 e. The zero-order valence-electron chi connectivity index (χ0n) is 3.00. The van der Waals surface area contributed by atoms with Crippen LogP contribution < -0.4 is 0 Å². The molecule has 0 bridgehead atoms. The Balaban J connectivity index is 0. The average molecular weight is 269 g/mol. The third kappa shape index (κ3) is 18.6. The molecule has 1 radical (unpaired) electrons. The van der Waals surface area contributed by atoms with Crippen molar-refractivity contribution in [3.05, 3.63) is 0 Å². The molecule has 5 heavy (non-hydrogen) atoms. The minimum Gasteiger partial charge on any atom is -0.197 e. The van der Waals surface area contributed by atoms with E-state index in [9.17, 15) is 0 Å². The minimum absolute atomic E-state index is 0. The average Bonchev–Trinajstić information content (AvgIpc) is 0. The Hall–Kier alpha value is 3.45. The first-order valence-electron chi connectivity index (χ1n) is 0. The third-order valence-corrected chi connectivity index (χ3v) is 0. The molecule has 0 saturated heterocycles. The molecule has 0 N–H and O–H groups in total. The summed E-state index contributed by atoms with van der Waals surface area (Å²) in [7, 11) is 0. The monoisotopic (exact) mass is 269 g/mol. The van der Waals surface area contributed by atoms with Gasteiger partial charge in [0, 0.05) is 68.9 Å². The Labute approximate surface area is 119 Å². The summed E-state index contributed by atoms with van der Waals surface area (Å²) in [6.07, 6.45) is 0. The fraction of sp³-hybridized carbons (Fsp3) is 0. The van der Waals surface area contributed by atoms with Crippen molar-refractivity contribution in [2.45, 2.75) is 0 Å². The van der Waals surface area contributed by atoms with E-state index >= 15 is 0 Å². The normalized spacial score (nSPS) is 0. The van der Waals surface area contributed by atoms with Crippen molar-refractivity contribution in [3.8, 4) is 0 Å². The Bertz CT molecular complexity index is 3.61. The molecule has 33 valence electrons. The molecule has 0 nitrogen and oxygen atoms in total. The molecule has 0 unspecified atom stereocenters. The SMILES string of the molecule is S.S.S.S.[Cs]. The summed E-state index contributed by atoms with van der Waals surface area (Å²) in [5, 5.41) is 0. The van der Waals surface area contributed by atoms with Gasteiger partial charge in [-0.3, -0.25) is 0 Å². The second-order valence-electron chi connectivity index (χ2n) is 0. The van der Waals surface area contributed by atoms with Gasteiger partial charge in [-0.1, -0.05) is 0 Å². The fourth-order valence-electron chi connectivity index (χ4n) is 0. The molecule has 0 atom stereocenters. The third-order valence-electron chi connectivity index (χ3n) is 0. The van der Waals surface area contributed by atoms with E-state index in [2.05, 4.69) is 0 Å². The maximum absolute atomic E-state index is 0. The zero-order valence-corrected chi connectivity index (χ0v) is 13.3. The number of rotatable bonds is 0. The van der Waals surface area contributed by atoms with Gasteiger partial charge in [0.05, 0.1) is 0 Å². The summed E-state index contributed by atoms with van der Waals surface area (Å²) in [4.78, 5) is 0. The van der Waals surface area contributed by atoms with Crippen LogP contribution in [0.5, 0.6) is 0 Å². The van der Waals surface area contributed by atoms with E-state index in [1.54, 1.807) is 0 Å². The van der Waals surface area contributed by atoms with Crippen molar-refractivity contribution in [2.24, 2.45) is 0 Å². The van der Waals surface area contributed by atoms with Crippen molar-refractivity contribution in [3.63, 3.8) is 0 Å². The van der Waals surface area contributed by atoms with Crippen LogP contribution in [0.4, 0.5) is 0 Å². The fourth-order valence-corrected chi connectivity index (χ4v) is 0. The van der Waals surface area contributed by atoms with Crippen molar-refractivity contribution in [2.75, 3.05) is 0 Å². The first kappa shape index (κ1) is 39.4. The second kappa shape index (κ2) is 26.0. The molecule has 5 heteroatoms. The summed E-state index contributed by atoms with van der Waals surface area (Å²) >= 11 is 0. The molecule has 0 aliphatic heterocycles. The van der Waals surface area contributed by atoms with Gasteiger partial charge in [0.25, 0.3) is 0 Å². The standard InChI is InChI=1S/Cs.4H2S/h;4*1H2. The van der Waals surface area contributed by atoms with E-state index in [1.807, 2.05) is 0 Å². The van der Waals surface area contributed by atoms with Crippen molar-refractivity contribution >= 4 is 123 Å². The molecule has 0 heterocycles. The van der Waals surface area contributed by atoms with E-state index in [0.29, 0.717) is 0 Å². The van der Waals surface area contributed by atoms with E-state index < -0.39 is 0 Å². The van der Waals surface area contributed by atoms with E-state index in [4.69, 9.17) is 0 Å². The maximum atomic E-state index is 0. The summed E-state index contributed by atoms with van der Waals surface area (Å²) in [6.45, 7) is 0. The molecule has 0 aromatic heterocycles. The Morgan fingerprint density at radius 1 is 0.400 bits per heavy atom. The molecular formula is H8CsS4. The zero-order chi connectivity index (χ0) is 0. The van der Waals surface area contributed by atoms with Crippen LogP contribution in [0.3, 0.4) is 0 Å². The Morgan fingerprint density at radius 2 is 0.400 bits per heavy atom. The van der Waals surface area contributed by atoms with Gasteiger partial charge in [0.15, 0.2) is 0 Å². The van der Waals surface area contributed by atoms with Gasteiger partial charge in [-0.15, -0.1) is 0 Å². The summed E-state index contributed by atoms with van der Waals surface area (Å²) in [6, 6.07) is 0. The van der Waals surface area contributed by atoms with Gasteiger partial charge in [-0.2, -0.15) is 54.0 Å². The van der Waals surface area contributed by atoms with Gasteiger partial charge < -0.3 is 0 Å². The van der Waals surface area contributed by atoms with Crippen LogP contribution in [0.2, 0.25) is 0 Å². The van der Waals surface area contributed by atoms with E-state index in [1.165, 1.54) is 0 Å². The van der Waals surface area contributed by atoms with E-state index in [-0.39, 0.29) is 123 Å². The second-order valence-corrected chi connectivity index (χ2v) is 0. The molecule has 0 fully saturated rings. The molecule has 0 rings (SSSR count). The quantitative estimate of drug-likeness (QED) is 0.584. The Kier molecular flexibility index (Phi) is 205. The molecule has 0 aliphatic rings. The molecule has 0 saturated carbocycles. The van der Waals surface area contributed by atoms with Crippen molar-refractivity contribution in [1.82, 2.24) is 0 Å². The molecule has 0 aliphatic carbocycles. The van der Waals surface area contributed by atoms with Gasteiger partial charge in [-0.05, 0) is 0 Å². The van der Waals surface area contributed by atoms with Gasteiger partial charge >= 0.3 is 0 Å². The summed E-state index contributed by atoms with van der Waals surface area (Å²) in [5.74, 6) is 0. The van der Waals surface area contributed by atoms with Gasteiger partial charge in [0.2, 0.25) is 0 Å². The minimum atomic E-state index is 0. The summed E-state index contributed by atoms with van der Waals surface area (Å²) in [5.41, 5.74) is 0. The number of hydrogen-bond acceptors (Lipinski definition) is 0. The molecule has 0 spiro atoms. The van der Waals surface area contributed by atoms with Crippen molar-refractivity contribution < 1.29 is 0 Å². The molecular weight excluding hydrogens is 261 g/mol.